The molecule has 3 aliphatic rings. The molecule has 6 heterocycles. The Morgan fingerprint density at radius 3 is 2.36 bits per heavy atom. The summed E-state index contributed by atoms with van der Waals surface area (Å²) in [5.74, 6) is -0.0744. The van der Waals surface area contributed by atoms with Gasteiger partial charge in [0.25, 0.3) is 0 Å². The number of nitrogens with one attached hydrogen (secondary N) is 2. The zero-order chi connectivity index (χ0) is 39.9. The predicted octanol–water partition coefficient (Wildman–Crippen LogP) is 4.75. The summed E-state index contributed by atoms with van der Waals surface area (Å²) < 4.78 is 11.0. The van der Waals surface area contributed by atoms with Gasteiger partial charge in [-0.2, -0.15) is 0 Å². The van der Waals surface area contributed by atoms with Crippen molar-refractivity contribution in [3.8, 4) is 0 Å². The van der Waals surface area contributed by atoms with E-state index in [1.54, 1.807) is 18.9 Å². The van der Waals surface area contributed by atoms with Crippen LogP contribution in [0.15, 0.2) is 18.2 Å². The molecule has 3 aromatic rings. The Morgan fingerprint density at radius 2 is 1.67 bits per heavy atom. The van der Waals surface area contributed by atoms with Crippen LogP contribution < -0.4 is 0 Å². The summed E-state index contributed by atoms with van der Waals surface area (Å²) in [6.45, 7) is 14.4. The summed E-state index contributed by atoms with van der Waals surface area (Å²) in [5.41, 5.74) is 13.5. The number of hydrogen-bond donors (Lipinski definition) is 7. The van der Waals surface area contributed by atoms with Crippen molar-refractivity contribution in [2.45, 2.75) is 123 Å². The van der Waals surface area contributed by atoms with E-state index in [-0.39, 0.29) is 24.3 Å². The highest BCUT2D eigenvalue weighted by molar-refractivity contribution is 5.85. The number of allylic oxidation sites excluding steroid dienone is 1. The summed E-state index contributed by atoms with van der Waals surface area (Å²) in [6.07, 6.45) is -3.11. The quantitative estimate of drug-likeness (QED) is 0.134. The number of rotatable bonds is 11. The molecule has 3 aliphatic heterocycles. The van der Waals surface area contributed by atoms with Crippen molar-refractivity contribution in [1.82, 2.24) is 24.8 Å². The number of carbonyl (C=O) groups is 1. The molecule has 1 amide bonds. The Balaban J connectivity index is 1.28. The molecule has 55 heavy (non-hydrogen) atoms. The molecule has 7 N–H and O–H groups in total. The number of ether oxygens (including phenoxy) is 2. The van der Waals surface area contributed by atoms with Gasteiger partial charge in [-0.25, -0.2) is 4.98 Å². The monoisotopic (exact) mass is 759 g/mol. The highest BCUT2D eigenvalue weighted by Gasteiger charge is 2.44. The maximum atomic E-state index is 13.5. The van der Waals surface area contributed by atoms with Crippen LogP contribution in [0.4, 0.5) is 0 Å². The molecule has 6 rings (SSSR count). The molecule has 8 bridgehead atoms. The lowest BCUT2D eigenvalue weighted by molar-refractivity contribution is -0.301. The van der Waals surface area contributed by atoms with Crippen molar-refractivity contribution in [3.05, 3.63) is 68.8 Å². The van der Waals surface area contributed by atoms with E-state index in [4.69, 9.17) is 19.4 Å². The molecule has 1 unspecified atom stereocenters. The molecule has 3 aromatic heterocycles. The summed E-state index contributed by atoms with van der Waals surface area (Å²) in [5, 5.41) is 50.7. The molecule has 0 aromatic carbocycles. The molecule has 1 saturated heterocycles. The van der Waals surface area contributed by atoms with Crippen LogP contribution in [0.2, 0.25) is 0 Å². The van der Waals surface area contributed by atoms with Crippen LogP contribution in [-0.4, -0.2) is 114 Å². The van der Waals surface area contributed by atoms with Crippen LogP contribution >= 0.6 is 0 Å². The second-order valence-electron chi connectivity index (χ2n) is 15.4. The van der Waals surface area contributed by atoms with E-state index in [0.717, 1.165) is 79.1 Å². The van der Waals surface area contributed by atoms with Crippen LogP contribution in [0.3, 0.4) is 0 Å². The molecule has 13 heteroatoms. The number of hydrogen-bond acceptors (Lipinski definition) is 10. The van der Waals surface area contributed by atoms with Gasteiger partial charge in [-0.15, -0.1) is 0 Å². The predicted molar refractivity (Wildman–Crippen MR) is 211 cm³/mol. The van der Waals surface area contributed by atoms with Crippen molar-refractivity contribution in [2.24, 2.45) is 0 Å². The van der Waals surface area contributed by atoms with E-state index in [9.17, 15) is 30.3 Å². The van der Waals surface area contributed by atoms with E-state index < -0.39 is 43.4 Å². The molecule has 0 saturated carbocycles. The standard InChI is InChI=1S/C42H57N5O8/c1-9-26-21(3)30-18-34-37(25(7)49)23(5)32(45-34)17-31-22(4)27(38(46-31)24(6)29-15-20(2)28(43-29)16-33(26)44-30)11-12-36(50)47(8)13-10-14-54-42-41(53)40(52)39(51)35(19-48)55-42/h15-18,22,25,27,35,39-42,44-45,48-49,51-53H,9-14,19H2,1-8H3/t22-,25?,27-,35+,39+,40-,41+,42+/m0/s1. The van der Waals surface area contributed by atoms with Gasteiger partial charge in [0.15, 0.2) is 6.29 Å². The first-order valence-corrected chi connectivity index (χ1v) is 19.4. The van der Waals surface area contributed by atoms with E-state index in [1.807, 2.05) is 6.92 Å². The largest absolute Gasteiger partial charge is 0.394 e. The normalized spacial score (nSPS) is 24.5. The number of carbonyl (C=O) groups excluding carboxylic acids is 1. The van der Waals surface area contributed by atoms with Crippen LogP contribution in [0, 0.1) is 20.8 Å². The highest BCUT2D eigenvalue weighted by Crippen LogP contribution is 2.42. The SMILES string of the molecule is CCc1c(C)c2cc3[nH]c(cc4nc(c(C)c5nc(cc1[nH]2)C(C)=C5)[C@@H](CCC(=O)N(C)CCCO[C@@H]1O[C@H](CO)[C@@H](O)[C@H](O)[C@H]1O)[C@@H]4C)c(C)c3C(C)O. The first-order chi connectivity index (χ1) is 26.1. The van der Waals surface area contributed by atoms with Gasteiger partial charge >= 0.3 is 0 Å². The maximum absolute atomic E-state index is 13.5. The molecular formula is C42H57N5O8. The molecule has 8 atom stereocenters. The summed E-state index contributed by atoms with van der Waals surface area (Å²) in [7, 11) is 1.74. The minimum Gasteiger partial charge on any atom is -0.394 e. The first-order valence-electron chi connectivity index (χ1n) is 19.4. The van der Waals surface area contributed by atoms with E-state index in [2.05, 4.69) is 68.9 Å². The number of aromatic nitrogens is 4. The van der Waals surface area contributed by atoms with Crippen molar-refractivity contribution < 1.29 is 39.8 Å². The number of fused-ring (bicyclic) bond motifs is 8. The first kappa shape index (κ1) is 40.7. The van der Waals surface area contributed by atoms with Crippen molar-refractivity contribution in [1.29, 1.82) is 0 Å². The molecule has 1 fully saturated rings. The minimum atomic E-state index is -1.51. The number of aliphatic hydroxyl groups is 5. The van der Waals surface area contributed by atoms with Crippen LogP contribution in [0.5, 0.6) is 0 Å². The van der Waals surface area contributed by atoms with Crippen LogP contribution in [0.25, 0.3) is 33.7 Å². The molecule has 0 spiro atoms. The van der Waals surface area contributed by atoms with Crippen LogP contribution in [-0.2, 0) is 20.7 Å². The van der Waals surface area contributed by atoms with Gasteiger partial charge in [-0.3, -0.25) is 9.78 Å². The van der Waals surface area contributed by atoms with Gasteiger partial charge in [0.05, 0.1) is 30.7 Å². The lowest BCUT2D eigenvalue weighted by atomic mass is 9.85. The third kappa shape index (κ3) is 8.02. The molecule has 13 nitrogen and oxygen atoms in total. The van der Waals surface area contributed by atoms with Crippen molar-refractivity contribution in [2.75, 3.05) is 26.8 Å². The third-order valence-corrected chi connectivity index (χ3v) is 11.8. The number of H-pyrrole nitrogens is 2. The number of aryl methyl sites for hydroxylation is 3. The molecule has 0 radical (unpaired) electrons. The summed E-state index contributed by atoms with van der Waals surface area (Å²) in [4.78, 5) is 32.7. The number of amides is 1. The zero-order valence-electron chi connectivity index (χ0n) is 33.2. The fourth-order valence-electron chi connectivity index (χ4n) is 8.26. The number of nitrogens with zero attached hydrogens (tertiary/aromatic N) is 3. The Morgan fingerprint density at radius 1 is 0.964 bits per heavy atom. The maximum Gasteiger partial charge on any atom is 0.222 e. The topological polar surface area (TPSA) is 197 Å². The molecule has 298 valence electrons. The van der Waals surface area contributed by atoms with E-state index in [0.29, 0.717) is 25.8 Å². The van der Waals surface area contributed by atoms with Gasteiger partial charge in [0.1, 0.15) is 24.4 Å². The lowest BCUT2D eigenvalue weighted by Gasteiger charge is -2.39. The Hall–Kier alpha value is -3.95. The Labute approximate surface area is 322 Å². The zero-order valence-corrected chi connectivity index (χ0v) is 33.2. The van der Waals surface area contributed by atoms with Crippen LogP contribution in [0.1, 0.15) is 115 Å². The van der Waals surface area contributed by atoms with Crippen molar-refractivity contribution >= 4 is 39.6 Å². The minimum absolute atomic E-state index is 0.00204. The fraction of sp³-hybridized carbons (Fsp3) is 0.548. The average molecular weight is 760 g/mol. The second-order valence-corrected chi connectivity index (χ2v) is 15.4. The van der Waals surface area contributed by atoms with Crippen molar-refractivity contribution in [3.63, 3.8) is 0 Å². The third-order valence-electron chi connectivity index (χ3n) is 11.8. The van der Waals surface area contributed by atoms with E-state index in [1.165, 1.54) is 5.56 Å². The van der Waals surface area contributed by atoms with E-state index >= 15 is 0 Å². The molecule has 0 aliphatic carbocycles. The number of aromatic amines is 2. The van der Waals surface area contributed by atoms with Gasteiger partial charge in [-0.1, -0.05) is 13.8 Å². The van der Waals surface area contributed by atoms with Gasteiger partial charge in [0.2, 0.25) is 5.91 Å². The lowest BCUT2D eigenvalue weighted by Crippen LogP contribution is -2.59. The fourth-order valence-corrected chi connectivity index (χ4v) is 8.26. The number of aliphatic hydroxyl groups excluding tert-OH is 5. The highest BCUT2D eigenvalue weighted by atomic mass is 16.7. The Bertz CT molecular complexity index is 2100. The molecular weight excluding hydrogens is 702 g/mol. The smallest absolute Gasteiger partial charge is 0.222 e. The second kappa shape index (κ2) is 16.6. The summed E-state index contributed by atoms with van der Waals surface area (Å²) >= 11 is 0. The van der Waals surface area contributed by atoms with Gasteiger partial charge < -0.3 is 49.9 Å². The van der Waals surface area contributed by atoms with Gasteiger partial charge in [-0.05, 0) is 106 Å². The Kier molecular flexibility index (Phi) is 12.3. The van der Waals surface area contributed by atoms with Gasteiger partial charge in [0, 0.05) is 70.9 Å². The summed E-state index contributed by atoms with van der Waals surface area (Å²) in [6, 6.07) is 6.29. The average Bonchev–Trinajstić information content (AvgIpc) is 3.86.